The Morgan fingerprint density at radius 2 is 0.933 bits per heavy atom. The van der Waals surface area contributed by atoms with Gasteiger partial charge in [-0.3, -0.25) is 4.79 Å². The first-order valence-electron chi connectivity index (χ1n) is 19.0. The standard InChI is InChI=1S/C40H73NO4/c1-3-5-7-9-11-13-14-15-16-17-18-19-20-21-22-23-24-25-27-28-30-32-34-38(43)37(36-42)41-40(45)39(44)35-33-31-29-26-12-10-8-6-4-2/h10,12,21-22,25,27,32,34,37-39,42-44H,3-9,11,13-20,23-24,26,28-31,33,35-36H2,1-2H3,(H,41,45)/b12-10-,22-21+,27-25+,34-32+. The van der Waals surface area contributed by atoms with Crippen LogP contribution < -0.4 is 5.32 Å². The lowest BCUT2D eigenvalue weighted by Gasteiger charge is -2.21. The molecule has 0 spiro atoms. The molecule has 0 aromatic carbocycles. The van der Waals surface area contributed by atoms with Crippen LogP contribution in [-0.4, -0.2) is 46.1 Å². The van der Waals surface area contributed by atoms with E-state index >= 15 is 0 Å². The Kier molecular flexibility index (Phi) is 33.8. The monoisotopic (exact) mass is 632 g/mol. The normalized spacial score (nSPS) is 14.3. The van der Waals surface area contributed by atoms with Gasteiger partial charge in [-0.05, 0) is 64.2 Å². The molecule has 0 saturated heterocycles. The van der Waals surface area contributed by atoms with Crippen molar-refractivity contribution in [3.8, 4) is 0 Å². The van der Waals surface area contributed by atoms with Crippen molar-refractivity contribution in [2.45, 2.75) is 193 Å². The van der Waals surface area contributed by atoms with Gasteiger partial charge in [-0.1, -0.05) is 159 Å². The van der Waals surface area contributed by atoms with Gasteiger partial charge in [0.1, 0.15) is 6.10 Å². The second-order valence-corrected chi connectivity index (χ2v) is 12.8. The van der Waals surface area contributed by atoms with Gasteiger partial charge in [-0.15, -0.1) is 0 Å². The molecule has 0 saturated carbocycles. The van der Waals surface area contributed by atoms with E-state index in [1.54, 1.807) is 6.08 Å². The van der Waals surface area contributed by atoms with Crippen LogP contribution in [0.1, 0.15) is 174 Å². The lowest BCUT2D eigenvalue weighted by molar-refractivity contribution is -0.131. The maximum atomic E-state index is 12.3. The van der Waals surface area contributed by atoms with Crippen molar-refractivity contribution in [2.24, 2.45) is 0 Å². The van der Waals surface area contributed by atoms with Crippen LogP contribution in [-0.2, 0) is 4.79 Å². The van der Waals surface area contributed by atoms with Crippen molar-refractivity contribution in [3.63, 3.8) is 0 Å². The van der Waals surface area contributed by atoms with Gasteiger partial charge in [0.15, 0.2) is 0 Å². The highest BCUT2D eigenvalue weighted by molar-refractivity contribution is 5.80. The summed E-state index contributed by atoms with van der Waals surface area (Å²) in [6.07, 6.45) is 44.3. The fourth-order valence-corrected chi connectivity index (χ4v) is 5.31. The summed E-state index contributed by atoms with van der Waals surface area (Å²) < 4.78 is 0. The maximum absolute atomic E-state index is 12.3. The zero-order chi connectivity index (χ0) is 33.1. The quantitative estimate of drug-likeness (QED) is 0.0429. The summed E-state index contributed by atoms with van der Waals surface area (Å²) in [6.45, 7) is 4.08. The van der Waals surface area contributed by atoms with Gasteiger partial charge in [0.05, 0.1) is 18.8 Å². The molecule has 45 heavy (non-hydrogen) atoms. The largest absolute Gasteiger partial charge is 0.394 e. The van der Waals surface area contributed by atoms with Crippen molar-refractivity contribution < 1.29 is 20.1 Å². The molecule has 3 atom stereocenters. The molecular formula is C40H73NO4. The topological polar surface area (TPSA) is 89.8 Å². The van der Waals surface area contributed by atoms with Crippen LogP contribution in [0.2, 0.25) is 0 Å². The van der Waals surface area contributed by atoms with Crippen LogP contribution in [0.5, 0.6) is 0 Å². The van der Waals surface area contributed by atoms with Gasteiger partial charge in [0.25, 0.3) is 0 Å². The summed E-state index contributed by atoms with van der Waals surface area (Å²) in [6, 6.07) is -0.825. The molecule has 4 N–H and O–H groups in total. The summed E-state index contributed by atoms with van der Waals surface area (Å²) in [5.41, 5.74) is 0. The summed E-state index contributed by atoms with van der Waals surface area (Å²) >= 11 is 0. The van der Waals surface area contributed by atoms with Gasteiger partial charge >= 0.3 is 0 Å². The van der Waals surface area contributed by atoms with Crippen molar-refractivity contribution in [2.75, 3.05) is 6.61 Å². The number of aliphatic hydroxyl groups is 3. The summed E-state index contributed by atoms with van der Waals surface area (Å²) in [5, 5.41) is 32.8. The minimum Gasteiger partial charge on any atom is -0.394 e. The minimum absolute atomic E-state index is 0.386. The number of amides is 1. The third-order valence-corrected chi connectivity index (χ3v) is 8.37. The minimum atomic E-state index is -1.12. The summed E-state index contributed by atoms with van der Waals surface area (Å²) in [4.78, 5) is 12.3. The molecule has 0 heterocycles. The molecule has 0 bridgehead atoms. The number of allylic oxidation sites excluding steroid dienone is 7. The Morgan fingerprint density at radius 3 is 1.42 bits per heavy atom. The molecule has 0 aliphatic carbocycles. The highest BCUT2D eigenvalue weighted by Crippen LogP contribution is 2.13. The number of nitrogens with one attached hydrogen (secondary N) is 1. The van der Waals surface area contributed by atoms with Gasteiger partial charge < -0.3 is 20.6 Å². The van der Waals surface area contributed by atoms with E-state index in [1.807, 2.05) is 6.08 Å². The Labute approximate surface area is 278 Å². The number of hydrogen-bond donors (Lipinski definition) is 4. The third kappa shape index (κ3) is 30.7. The van der Waals surface area contributed by atoms with Crippen molar-refractivity contribution in [3.05, 3.63) is 48.6 Å². The fraction of sp³-hybridized carbons (Fsp3) is 0.775. The van der Waals surface area contributed by atoms with Crippen LogP contribution in [0.25, 0.3) is 0 Å². The predicted octanol–water partition coefficient (Wildman–Crippen LogP) is 10.2. The number of carbonyl (C=O) groups excluding carboxylic acids is 1. The molecular weight excluding hydrogens is 558 g/mol. The lowest BCUT2D eigenvalue weighted by atomic mass is 10.0. The number of hydrogen-bond acceptors (Lipinski definition) is 4. The average molecular weight is 632 g/mol. The second-order valence-electron chi connectivity index (χ2n) is 12.8. The average Bonchev–Trinajstić information content (AvgIpc) is 3.04. The smallest absolute Gasteiger partial charge is 0.249 e. The van der Waals surface area contributed by atoms with Crippen LogP contribution in [0, 0.1) is 0 Å². The van der Waals surface area contributed by atoms with Gasteiger partial charge in [-0.2, -0.15) is 0 Å². The molecule has 5 heteroatoms. The van der Waals surface area contributed by atoms with Crippen LogP contribution in [0.15, 0.2) is 48.6 Å². The molecule has 0 fully saturated rings. The molecule has 0 aromatic rings. The zero-order valence-electron chi connectivity index (χ0n) is 29.5. The summed E-state index contributed by atoms with van der Waals surface area (Å²) in [5.74, 6) is -0.535. The van der Waals surface area contributed by atoms with Crippen LogP contribution in [0.4, 0.5) is 0 Å². The molecule has 0 aromatic heterocycles. The molecule has 0 aliphatic rings. The third-order valence-electron chi connectivity index (χ3n) is 8.37. The maximum Gasteiger partial charge on any atom is 0.249 e. The Hall–Kier alpha value is -1.69. The van der Waals surface area contributed by atoms with E-state index in [1.165, 1.54) is 96.3 Å². The number of carbonyl (C=O) groups is 1. The van der Waals surface area contributed by atoms with Crippen molar-refractivity contribution in [1.29, 1.82) is 0 Å². The van der Waals surface area contributed by atoms with Crippen molar-refractivity contribution in [1.82, 2.24) is 5.32 Å². The zero-order valence-corrected chi connectivity index (χ0v) is 29.5. The SMILES string of the molecule is CCCC/C=C\CCCCCC(O)C(=O)NC(CO)C(O)/C=C/CC/C=C/CC/C=C/CCCCCCCCCCCCCC. The Balaban J connectivity index is 3.79. The lowest BCUT2D eigenvalue weighted by Crippen LogP contribution is -2.48. The number of unbranched alkanes of at least 4 members (excludes halogenated alkanes) is 19. The first-order valence-corrected chi connectivity index (χ1v) is 19.0. The molecule has 262 valence electrons. The highest BCUT2D eigenvalue weighted by atomic mass is 16.3. The fourth-order valence-electron chi connectivity index (χ4n) is 5.31. The molecule has 5 nitrogen and oxygen atoms in total. The van der Waals surface area contributed by atoms with E-state index in [-0.39, 0.29) is 6.61 Å². The molecule has 1 amide bonds. The second kappa shape index (κ2) is 35.2. The first kappa shape index (κ1) is 43.3. The predicted molar refractivity (Wildman–Crippen MR) is 194 cm³/mol. The van der Waals surface area contributed by atoms with Crippen LogP contribution >= 0.6 is 0 Å². The summed E-state index contributed by atoms with van der Waals surface area (Å²) in [7, 11) is 0. The van der Waals surface area contributed by atoms with E-state index in [4.69, 9.17) is 0 Å². The van der Waals surface area contributed by atoms with E-state index in [9.17, 15) is 20.1 Å². The van der Waals surface area contributed by atoms with E-state index in [0.29, 0.717) is 6.42 Å². The van der Waals surface area contributed by atoms with Gasteiger partial charge in [0, 0.05) is 0 Å². The Bertz CT molecular complexity index is 745. The van der Waals surface area contributed by atoms with E-state index in [0.717, 1.165) is 57.8 Å². The molecule has 0 aliphatic heterocycles. The van der Waals surface area contributed by atoms with Gasteiger partial charge in [0.2, 0.25) is 5.91 Å². The van der Waals surface area contributed by atoms with Crippen molar-refractivity contribution >= 4 is 5.91 Å². The molecule has 0 radical (unpaired) electrons. The molecule has 0 rings (SSSR count). The van der Waals surface area contributed by atoms with Gasteiger partial charge in [-0.25, -0.2) is 0 Å². The number of aliphatic hydroxyl groups excluding tert-OH is 3. The number of rotatable bonds is 33. The van der Waals surface area contributed by atoms with E-state index in [2.05, 4.69) is 55.6 Å². The Morgan fingerprint density at radius 1 is 0.533 bits per heavy atom. The molecule has 3 unspecified atom stereocenters. The van der Waals surface area contributed by atoms with Crippen LogP contribution in [0.3, 0.4) is 0 Å². The highest BCUT2D eigenvalue weighted by Gasteiger charge is 2.22. The van der Waals surface area contributed by atoms with E-state index < -0.39 is 24.2 Å². The first-order chi connectivity index (χ1) is 22.1.